The van der Waals surface area contributed by atoms with Crippen LogP contribution in [0.15, 0.2) is 36.9 Å². The van der Waals surface area contributed by atoms with Gasteiger partial charge in [-0.2, -0.15) is 0 Å². The molecule has 5 heteroatoms. The van der Waals surface area contributed by atoms with Crippen molar-refractivity contribution in [3.63, 3.8) is 0 Å². The minimum Gasteiger partial charge on any atom is -0.351 e. The third-order valence-corrected chi connectivity index (χ3v) is 4.61. The molecule has 3 rings (SSSR count). The van der Waals surface area contributed by atoms with Gasteiger partial charge >= 0.3 is 0 Å². The lowest BCUT2D eigenvalue weighted by molar-refractivity contribution is -0.133. The van der Waals surface area contributed by atoms with Crippen molar-refractivity contribution in [1.29, 1.82) is 0 Å². The smallest absolute Gasteiger partial charge is 0.224 e. The van der Waals surface area contributed by atoms with E-state index < -0.39 is 0 Å². The lowest BCUT2D eigenvalue weighted by atomic mass is 10.0. The van der Waals surface area contributed by atoms with Crippen LogP contribution in [0.2, 0.25) is 0 Å². The second-order valence-corrected chi connectivity index (χ2v) is 6.20. The highest BCUT2D eigenvalue weighted by Gasteiger charge is 2.26. The molecule has 0 N–H and O–H groups in total. The van der Waals surface area contributed by atoms with Crippen LogP contribution in [0, 0.1) is 6.92 Å². The minimum atomic E-state index is 0.206. The first-order chi connectivity index (χ1) is 10.6. The number of aryl methyl sites for hydroxylation is 1. The Bertz CT molecular complexity index is 616. The zero-order valence-electron chi connectivity index (χ0n) is 13.4. The predicted molar refractivity (Wildman–Crippen MR) is 85.6 cm³/mol. The summed E-state index contributed by atoms with van der Waals surface area (Å²) in [6.07, 6.45) is 10.6. The number of likely N-dealkylation sites (tertiary alicyclic amines) is 1. The van der Waals surface area contributed by atoms with E-state index in [4.69, 9.17) is 0 Å². The van der Waals surface area contributed by atoms with Crippen molar-refractivity contribution in [2.75, 3.05) is 13.1 Å². The maximum absolute atomic E-state index is 12.6. The molecular weight excluding hydrogens is 276 g/mol. The van der Waals surface area contributed by atoms with Gasteiger partial charge in [-0.3, -0.25) is 4.79 Å². The lowest BCUT2D eigenvalue weighted by Gasteiger charge is -2.34. The number of hydrogen-bond acceptors (Lipinski definition) is 2. The minimum absolute atomic E-state index is 0.206. The zero-order valence-corrected chi connectivity index (χ0v) is 13.4. The molecule has 2 atom stereocenters. The van der Waals surface area contributed by atoms with Crippen LogP contribution in [0.1, 0.15) is 44.1 Å². The number of piperidine rings is 1. The molecule has 0 radical (unpaired) electrons. The second kappa shape index (κ2) is 6.38. The summed E-state index contributed by atoms with van der Waals surface area (Å²) in [5.74, 6) is 1.28. The Labute approximate surface area is 131 Å². The fraction of sp³-hybridized carbons (Fsp3) is 0.529. The fourth-order valence-corrected chi connectivity index (χ4v) is 3.31. The van der Waals surface area contributed by atoms with E-state index in [1.165, 1.54) is 0 Å². The van der Waals surface area contributed by atoms with Crippen molar-refractivity contribution in [3.8, 4) is 0 Å². The largest absolute Gasteiger partial charge is 0.351 e. The molecule has 22 heavy (non-hydrogen) atoms. The van der Waals surface area contributed by atoms with Crippen LogP contribution in [0.5, 0.6) is 0 Å². The summed E-state index contributed by atoms with van der Waals surface area (Å²) in [4.78, 5) is 18.9. The van der Waals surface area contributed by atoms with Gasteiger partial charge < -0.3 is 14.0 Å². The molecule has 118 valence electrons. The lowest BCUT2D eigenvalue weighted by Crippen LogP contribution is -2.41. The van der Waals surface area contributed by atoms with Crippen molar-refractivity contribution < 1.29 is 4.79 Å². The van der Waals surface area contributed by atoms with E-state index >= 15 is 0 Å². The Balaban J connectivity index is 1.62. The molecule has 1 fully saturated rings. The van der Waals surface area contributed by atoms with Crippen LogP contribution in [0.4, 0.5) is 0 Å². The number of rotatable bonds is 4. The van der Waals surface area contributed by atoms with Crippen LogP contribution in [0.25, 0.3) is 0 Å². The van der Waals surface area contributed by atoms with Crippen LogP contribution in [0.3, 0.4) is 0 Å². The van der Waals surface area contributed by atoms with E-state index in [1.54, 1.807) is 0 Å². The van der Waals surface area contributed by atoms with E-state index in [1.807, 2.05) is 48.7 Å². The third-order valence-electron chi connectivity index (χ3n) is 4.61. The summed E-state index contributed by atoms with van der Waals surface area (Å²) in [5, 5.41) is 0. The quantitative estimate of drug-likeness (QED) is 0.871. The SMILES string of the molecule is Cc1nccn1C1CCCN(C(=O)CC(C)n2cccc2)C1. The summed E-state index contributed by atoms with van der Waals surface area (Å²) in [7, 11) is 0. The van der Waals surface area contributed by atoms with Gasteiger partial charge in [0.25, 0.3) is 0 Å². The number of nitrogens with zero attached hydrogens (tertiary/aromatic N) is 4. The zero-order chi connectivity index (χ0) is 15.5. The summed E-state index contributed by atoms with van der Waals surface area (Å²) in [5.41, 5.74) is 0. The van der Waals surface area contributed by atoms with Crippen molar-refractivity contribution in [3.05, 3.63) is 42.7 Å². The molecule has 0 saturated carbocycles. The molecule has 0 aliphatic carbocycles. The summed E-state index contributed by atoms with van der Waals surface area (Å²) in [6, 6.07) is 4.57. The van der Waals surface area contributed by atoms with Crippen LogP contribution < -0.4 is 0 Å². The van der Waals surface area contributed by atoms with Gasteiger partial charge in [0, 0.05) is 50.3 Å². The maximum Gasteiger partial charge on any atom is 0.224 e. The number of carbonyl (C=O) groups is 1. The van der Waals surface area contributed by atoms with Gasteiger partial charge in [0.1, 0.15) is 5.82 Å². The molecule has 1 amide bonds. The number of carbonyl (C=O) groups excluding carboxylic acids is 1. The average Bonchev–Trinajstić information content (AvgIpc) is 3.18. The predicted octanol–water partition coefficient (Wildman–Crippen LogP) is 2.81. The number of imidazole rings is 1. The van der Waals surface area contributed by atoms with Crippen LogP contribution in [-0.2, 0) is 4.79 Å². The standard InChI is InChI=1S/C17H24N4O/c1-14(19-8-3-4-9-19)12-17(22)20-10-5-6-16(13-20)21-11-7-18-15(21)2/h3-4,7-9,11,14,16H,5-6,10,12-13H2,1-2H3. The van der Waals surface area contributed by atoms with Gasteiger partial charge in [-0.1, -0.05) is 0 Å². The molecule has 2 aromatic heterocycles. The average molecular weight is 300 g/mol. The van der Waals surface area contributed by atoms with Crippen LogP contribution >= 0.6 is 0 Å². The van der Waals surface area contributed by atoms with E-state index in [9.17, 15) is 4.79 Å². The summed E-state index contributed by atoms with van der Waals surface area (Å²) >= 11 is 0. The Hall–Kier alpha value is -2.04. The van der Waals surface area contributed by atoms with Gasteiger partial charge in [0.2, 0.25) is 5.91 Å². The van der Waals surface area contributed by atoms with E-state index in [2.05, 4.69) is 21.0 Å². The monoisotopic (exact) mass is 300 g/mol. The van der Waals surface area contributed by atoms with Crippen molar-refractivity contribution >= 4 is 5.91 Å². The topological polar surface area (TPSA) is 43.1 Å². The molecule has 1 aliphatic heterocycles. The molecule has 5 nitrogen and oxygen atoms in total. The molecular formula is C17H24N4O. The molecule has 2 aromatic rings. The molecule has 1 saturated heterocycles. The highest BCUT2D eigenvalue weighted by atomic mass is 16.2. The summed E-state index contributed by atoms with van der Waals surface area (Å²) in [6.45, 7) is 5.80. The van der Waals surface area contributed by atoms with E-state index in [-0.39, 0.29) is 11.9 Å². The van der Waals surface area contributed by atoms with Crippen LogP contribution in [-0.4, -0.2) is 38.0 Å². The Morgan fingerprint density at radius 2 is 2.14 bits per heavy atom. The molecule has 0 aromatic carbocycles. The highest BCUT2D eigenvalue weighted by Crippen LogP contribution is 2.24. The molecule has 3 heterocycles. The van der Waals surface area contributed by atoms with Gasteiger partial charge in [0.15, 0.2) is 0 Å². The third kappa shape index (κ3) is 3.08. The second-order valence-electron chi connectivity index (χ2n) is 6.20. The first kappa shape index (κ1) is 14.9. The van der Waals surface area contributed by atoms with Crippen molar-refractivity contribution in [2.24, 2.45) is 0 Å². The first-order valence-electron chi connectivity index (χ1n) is 8.05. The Morgan fingerprint density at radius 3 is 2.82 bits per heavy atom. The van der Waals surface area contributed by atoms with Gasteiger partial charge in [-0.05, 0) is 38.8 Å². The number of amides is 1. The van der Waals surface area contributed by atoms with Gasteiger partial charge in [-0.25, -0.2) is 4.98 Å². The first-order valence-corrected chi connectivity index (χ1v) is 8.05. The van der Waals surface area contributed by atoms with Gasteiger partial charge in [-0.15, -0.1) is 0 Å². The normalized spacial score (nSPS) is 20.1. The molecule has 2 unspecified atom stereocenters. The Kier molecular flexibility index (Phi) is 4.32. The summed E-state index contributed by atoms with van der Waals surface area (Å²) < 4.78 is 4.30. The van der Waals surface area contributed by atoms with E-state index in [0.717, 1.165) is 31.8 Å². The Morgan fingerprint density at radius 1 is 1.36 bits per heavy atom. The number of aromatic nitrogens is 3. The molecule has 1 aliphatic rings. The maximum atomic E-state index is 12.6. The van der Waals surface area contributed by atoms with Crippen molar-refractivity contribution in [2.45, 2.75) is 45.2 Å². The molecule has 0 spiro atoms. The van der Waals surface area contributed by atoms with E-state index in [0.29, 0.717) is 12.5 Å². The van der Waals surface area contributed by atoms with Crippen molar-refractivity contribution in [1.82, 2.24) is 19.0 Å². The van der Waals surface area contributed by atoms with Gasteiger partial charge in [0.05, 0.1) is 6.04 Å². The number of hydrogen-bond donors (Lipinski definition) is 0. The molecule has 0 bridgehead atoms. The fourth-order valence-electron chi connectivity index (χ4n) is 3.31. The highest BCUT2D eigenvalue weighted by molar-refractivity contribution is 5.76.